The van der Waals surface area contributed by atoms with E-state index in [1.165, 1.54) is 42.2 Å². The number of fused-ring (bicyclic) bond motifs is 3. The number of para-hydroxylation sites is 1. The first-order valence-corrected chi connectivity index (χ1v) is 5.37. The van der Waals surface area contributed by atoms with Crippen molar-refractivity contribution in [2.24, 2.45) is 0 Å². The second-order valence-corrected chi connectivity index (χ2v) is 3.98. The van der Waals surface area contributed by atoms with Crippen molar-refractivity contribution < 1.29 is 0 Å². The topological polar surface area (TPSA) is 4.93 Å². The maximum Gasteiger partial charge on any atom is 0.174 e. The Morgan fingerprint density at radius 3 is 3.07 bits per heavy atom. The second kappa shape index (κ2) is 3.20. The lowest BCUT2D eigenvalue weighted by molar-refractivity contribution is 0.670. The molecule has 1 radical (unpaired) electrons. The Morgan fingerprint density at radius 2 is 2.07 bits per heavy atom. The average Bonchev–Trinajstić information content (AvgIpc) is 2.42. The Morgan fingerprint density at radius 1 is 1.14 bits per heavy atom. The SMILES string of the molecule is [B]1CCCCn2c1cc1ccccc12. The Bertz CT molecular complexity index is 458. The van der Waals surface area contributed by atoms with Crippen molar-refractivity contribution in [3.63, 3.8) is 0 Å². The normalized spacial score (nSPS) is 16.0. The van der Waals surface area contributed by atoms with Gasteiger partial charge in [0.05, 0.1) is 0 Å². The molecule has 3 rings (SSSR count). The number of rotatable bonds is 0. The summed E-state index contributed by atoms with van der Waals surface area (Å²) in [6.45, 7) is 1.18. The van der Waals surface area contributed by atoms with E-state index in [1.54, 1.807) is 0 Å². The van der Waals surface area contributed by atoms with Crippen LogP contribution in [0.1, 0.15) is 12.8 Å². The fourth-order valence-corrected chi connectivity index (χ4v) is 2.31. The Kier molecular flexibility index (Phi) is 1.86. The molecule has 1 aliphatic rings. The minimum absolute atomic E-state index is 1.18. The fourth-order valence-electron chi connectivity index (χ4n) is 2.31. The summed E-state index contributed by atoms with van der Waals surface area (Å²) >= 11 is 0. The molecule has 1 aromatic carbocycles. The summed E-state index contributed by atoms with van der Waals surface area (Å²) in [6, 6.07) is 11.0. The van der Waals surface area contributed by atoms with Gasteiger partial charge in [-0.1, -0.05) is 30.9 Å². The van der Waals surface area contributed by atoms with E-state index in [0.717, 1.165) is 0 Å². The van der Waals surface area contributed by atoms with Gasteiger partial charge in [-0.15, -0.1) is 0 Å². The van der Waals surface area contributed by atoms with Crippen LogP contribution in [0.4, 0.5) is 0 Å². The van der Waals surface area contributed by atoms with Gasteiger partial charge < -0.3 is 4.57 Å². The lowest BCUT2D eigenvalue weighted by atomic mass is 9.70. The average molecular weight is 182 g/mol. The van der Waals surface area contributed by atoms with E-state index >= 15 is 0 Å². The molecule has 2 aromatic rings. The molecule has 0 aliphatic carbocycles. The summed E-state index contributed by atoms with van der Waals surface area (Å²) in [4.78, 5) is 0. The highest BCUT2D eigenvalue weighted by molar-refractivity contribution is 6.53. The van der Waals surface area contributed by atoms with Crippen molar-refractivity contribution in [2.75, 3.05) is 0 Å². The van der Waals surface area contributed by atoms with Crippen molar-refractivity contribution in [3.05, 3.63) is 30.3 Å². The smallest absolute Gasteiger partial charge is 0.174 e. The molecule has 0 spiro atoms. The molecule has 1 aromatic heterocycles. The molecule has 0 atom stereocenters. The van der Waals surface area contributed by atoms with Crippen LogP contribution in [0.2, 0.25) is 6.32 Å². The lowest BCUT2D eigenvalue weighted by Crippen LogP contribution is -2.21. The zero-order valence-electron chi connectivity index (χ0n) is 8.24. The van der Waals surface area contributed by atoms with Crippen LogP contribution >= 0.6 is 0 Å². The van der Waals surface area contributed by atoms with Gasteiger partial charge in [0.2, 0.25) is 0 Å². The molecule has 1 nitrogen and oxygen atoms in total. The van der Waals surface area contributed by atoms with Gasteiger partial charge in [0.25, 0.3) is 0 Å². The molecule has 14 heavy (non-hydrogen) atoms. The number of benzene rings is 1. The lowest BCUT2D eigenvalue weighted by Gasteiger charge is -2.05. The van der Waals surface area contributed by atoms with Gasteiger partial charge in [-0.3, -0.25) is 0 Å². The van der Waals surface area contributed by atoms with Crippen LogP contribution in [0.3, 0.4) is 0 Å². The van der Waals surface area contributed by atoms with Gasteiger partial charge in [0, 0.05) is 12.1 Å². The number of hydrogen-bond acceptors (Lipinski definition) is 0. The predicted molar refractivity (Wildman–Crippen MR) is 61.4 cm³/mol. The summed E-state index contributed by atoms with van der Waals surface area (Å²) in [6.07, 6.45) is 3.87. The standard InChI is InChI=1S/C12H13BN/c1-2-6-11-10(5-1)9-12-13-7-3-4-8-14(11)12/h1-2,5-6,9H,3-4,7-8H2. The van der Waals surface area contributed by atoms with Gasteiger partial charge in [0.15, 0.2) is 7.28 Å². The molecule has 0 amide bonds. The largest absolute Gasteiger partial charge is 0.354 e. The van der Waals surface area contributed by atoms with Gasteiger partial charge in [-0.2, -0.15) is 0 Å². The number of aromatic nitrogens is 1. The van der Waals surface area contributed by atoms with Crippen LogP contribution in [0.5, 0.6) is 0 Å². The monoisotopic (exact) mass is 182 g/mol. The molecule has 2 heteroatoms. The van der Waals surface area contributed by atoms with Gasteiger partial charge in [-0.25, -0.2) is 0 Å². The molecule has 1 aliphatic heterocycles. The van der Waals surface area contributed by atoms with E-state index in [9.17, 15) is 0 Å². The zero-order valence-corrected chi connectivity index (χ0v) is 8.24. The molecular formula is C12H13BN. The first kappa shape index (κ1) is 8.16. The molecule has 0 N–H and O–H groups in total. The minimum atomic E-state index is 1.18. The van der Waals surface area contributed by atoms with Crippen LogP contribution in [0.25, 0.3) is 10.9 Å². The molecule has 69 valence electrons. The Labute approximate surface area is 85.0 Å². The third kappa shape index (κ3) is 1.17. The van der Waals surface area contributed by atoms with Crippen LogP contribution in [0, 0.1) is 0 Å². The summed E-state index contributed by atoms with van der Waals surface area (Å²) < 4.78 is 2.45. The molecule has 0 saturated heterocycles. The third-order valence-electron chi connectivity index (χ3n) is 3.03. The number of hydrogen-bond donors (Lipinski definition) is 0. The predicted octanol–water partition coefficient (Wildman–Crippen LogP) is 2.18. The van der Waals surface area contributed by atoms with E-state index < -0.39 is 0 Å². The van der Waals surface area contributed by atoms with Crippen molar-refractivity contribution in [1.82, 2.24) is 4.57 Å². The van der Waals surface area contributed by atoms with Gasteiger partial charge >= 0.3 is 0 Å². The first-order chi connectivity index (χ1) is 6.95. The summed E-state index contributed by atoms with van der Waals surface area (Å²) in [5.41, 5.74) is 2.80. The maximum absolute atomic E-state index is 2.45. The van der Waals surface area contributed by atoms with Crippen molar-refractivity contribution in [1.29, 1.82) is 0 Å². The fraction of sp³-hybridized carbons (Fsp3) is 0.333. The third-order valence-corrected chi connectivity index (χ3v) is 3.03. The van der Waals surface area contributed by atoms with Gasteiger partial charge in [-0.05, 0) is 29.5 Å². The zero-order chi connectivity index (χ0) is 9.38. The van der Waals surface area contributed by atoms with Crippen LogP contribution in [-0.4, -0.2) is 11.8 Å². The van der Waals surface area contributed by atoms with Crippen LogP contribution in [-0.2, 0) is 6.54 Å². The molecular weight excluding hydrogens is 169 g/mol. The highest BCUT2D eigenvalue weighted by Gasteiger charge is 2.11. The number of nitrogens with zero attached hydrogens (tertiary/aromatic N) is 1. The Balaban J connectivity index is 2.24. The molecule has 0 saturated carbocycles. The minimum Gasteiger partial charge on any atom is -0.354 e. The Hall–Kier alpha value is -1.18. The van der Waals surface area contributed by atoms with E-state index in [2.05, 4.69) is 42.2 Å². The van der Waals surface area contributed by atoms with Gasteiger partial charge in [0.1, 0.15) is 0 Å². The van der Waals surface area contributed by atoms with E-state index in [-0.39, 0.29) is 0 Å². The molecule has 0 fully saturated rings. The highest BCUT2D eigenvalue weighted by Crippen LogP contribution is 2.16. The second-order valence-electron chi connectivity index (χ2n) is 3.98. The van der Waals surface area contributed by atoms with E-state index in [0.29, 0.717) is 0 Å². The highest BCUT2D eigenvalue weighted by atomic mass is 15.0. The summed E-state index contributed by atoms with van der Waals surface area (Å²) in [5, 5.41) is 1.38. The quantitative estimate of drug-likeness (QED) is 0.550. The summed E-state index contributed by atoms with van der Waals surface area (Å²) in [5.74, 6) is 0. The van der Waals surface area contributed by atoms with E-state index in [4.69, 9.17) is 0 Å². The molecule has 2 heterocycles. The summed E-state index contributed by atoms with van der Waals surface area (Å²) in [7, 11) is 2.37. The van der Waals surface area contributed by atoms with Crippen molar-refractivity contribution in [2.45, 2.75) is 25.7 Å². The maximum atomic E-state index is 2.45. The first-order valence-electron chi connectivity index (χ1n) is 5.37. The molecule has 0 unspecified atom stereocenters. The van der Waals surface area contributed by atoms with Crippen LogP contribution < -0.4 is 5.59 Å². The van der Waals surface area contributed by atoms with E-state index in [1.807, 2.05) is 0 Å². The van der Waals surface area contributed by atoms with Crippen LogP contribution in [0.15, 0.2) is 30.3 Å². The molecule has 0 bridgehead atoms. The van der Waals surface area contributed by atoms with Crippen molar-refractivity contribution >= 4 is 23.8 Å². The van der Waals surface area contributed by atoms with Crippen molar-refractivity contribution in [3.8, 4) is 0 Å². The number of aryl methyl sites for hydroxylation is 1.